The van der Waals surface area contributed by atoms with Gasteiger partial charge in [0.05, 0.1) is 32.8 Å². The number of carbonyl (C=O) groups excluding carboxylic acids is 1. The Labute approximate surface area is 155 Å². The Morgan fingerprint density at radius 2 is 1.63 bits per heavy atom. The predicted octanol–water partition coefficient (Wildman–Crippen LogP) is 2.29. The first-order valence-corrected chi connectivity index (χ1v) is 8.72. The maximum Gasteiger partial charge on any atom is 0.270 e. The van der Waals surface area contributed by atoms with Crippen molar-refractivity contribution in [2.24, 2.45) is 0 Å². The highest BCUT2D eigenvalue weighted by Gasteiger charge is 2.39. The second-order valence-electron chi connectivity index (χ2n) is 6.54. The van der Waals surface area contributed by atoms with E-state index < -0.39 is 5.92 Å². The summed E-state index contributed by atoms with van der Waals surface area (Å²) in [5, 5.41) is 8.70. The lowest BCUT2D eigenvalue weighted by molar-refractivity contribution is -0.116. The van der Waals surface area contributed by atoms with E-state index in [-0.39, 0.29) is 11.3 Å². The predicted molar refractivity (Wildman–Crippen MR) is 98.9 cm³/mol. The number of ketones is 1. The van der Waals surface area contributed by atoms with Gasteiger partial charge in [-0.15, -0.1) is 0 Å². The number of aromatic nitrogens is 2. The number of carbonyl (C=O) groups is 1. The third-order valence-electron chi connectivity index (χ3n) is 5.17. The standard InChI is InChI=1S/C19H21N3O5/c1-25-12-8-14(27-3)13(26-2)7-9(12)15-16-10(5-4-6-11(16)23)20-18-17(15)19(24)22-21-18/h7-8,15H,4-6H2,1-3H3,(H3,20,21,22,24)/t15-/m0/s1. The van der Waals surface area contributed by atoms with Gasteiger partial charge in [-0.05, 0) is 18.9 Å². The van der Waals surface area contributed by atoms with E-state index >= 15 is 0 Å². The fraction of sp³-hybridized carbons (Fsp3) is 0.368. The van der Waals surface area contributed by atoms with Crippen LogP contribution in [0.3, 0.4) is 0 Å². The number of allylic oxidation sites excluding steroid dienone is 2. The van der Waals surface area contributed by atoms with Gasteiger partial charge in [-0.2, -0.15) is 0 Å². The number of Topliss-reactive ketones (excluding diaryl/α,β-unsaturated/α-hetero) is 1. The number of hydrogen-bond donors (Lipinski definition) is 3. The van der Waals surface area contributed by atoms with E-state index in [9.17, 15) is 9.59 Å². The summed E-state index contributed by atoms with van der Waals surface area (Å²) in [5.41, 5.74) is 2.34. The maximum absolute atomic E-state index is 12.8. The van der Waals surface area contributed by atoms with Crippen molar-refractivity contribution in [3.63, 3.8) is 0 Å². The van der Waals surface area contributed by atoms with Crippen LogP contribution in [0.25, 0.3) is 0 Å². The summed E-state index contributed by atoms with van der Waals surface area (Å²) in [4.78, 5) is 25.4. The quantitative estimate of drug-likeness (QED) is 0.762. The molecule has 0 fully saturated rings. The van der Waals surface area contributed by atoms with Crippen LogP contribution in [0.4, 0.5) is 5.82 Å². The van der Waals surface area contributed by atoms with Gasteiger partial charge in [0.2, 0.25) is 0 Å². The van der Waals surface area contributed by atoms with Gasteiger partial charge < -0.3 is 19.5 Å². The normalized spacial score (nSPS) is 18.5. The number of anilines is 1. The van der Waals surface area contributed by atoms with Crippen molar-refractivity contribution >= 4 is 11.6 Å². The number of aromatic amines is 2. The van der Waals surface area contributed by atoms with Crippen LogP contribution in [-0.4, -0.2) is 37.3 Å². The lowest BCUT2D eigenvalue weighted by atomic mass is 9.76. The second kappa shape index (κ2) is 6.53. The molecule has 1 aromatic carbocycles. The molecule has 2 aliphatic rings. The molecular weight excluding hydrogens is 350 g/mol. The number of H-pyrrole nitrogens is 2. The van der Waals surface area contributed by atoms with E-state index in [1.165, 1.54) is 0 Å². The molecule has 8 nitrogen and oxygen atoms in total. The fourth-order valence-corrected chi connectivity index (χ4v) is 3.95. The molecule has 1 aliphatic carbocycles. The first kappa shape index (κ1) is 17.3. The Kier molecular flexibility index (Phi) is 4.18. The van der Waals surface area contributed by atoms with Crippen molar-refractivity contribution in [1.29, 1.82) is 0 Å². The molecule has 0 radical (unpaired) electrons. The van der Waals surface area contributed by atoms with E-state index in [2.05, 4.69) is 15.5 Å². The van der Waals surface area contributed by atoms with Gasteiger partial charge in [0, 0.05) is 29.3 Å². The molecule has 1 aliphatic heterocycles. The average Bonchev–Trinajstić information content (AvgIpc) is 3.06. The van der Waals surface area contributed by atoms with Crippen LogP contribution in [0.5, 0.6) is 17.2 Å². The lowest BCUT2D eigenvalue weighted by Crippen LogP contribution is -2.29. The molecule has 0 spiro atoms. The Hall–Kier alpha value is -3.16. The van der Waals surface area contributed by atoms with Crippen LogP contribution < -0.4 is 25.1 Å². The smallest absolute Gasteiger partial charge is 0.270 e. The second-order valence-corrected chi connectivity index (χ2v) is 6.54. The minimum absolute atomic E-state index is 0.0387. The molecule has 0 saturated carbocycles. The van der Waals surface area contributed by atoms with Gasteiger partial charge in [-0.25, -0.2) is 0 Å². The molecule has 0 amide bonds. The number of benzene rings is 1. The molecule has 3 N–H and O–H groups in total. The SMILES string of the molecule is COc1cc(OC)c([C@H]2C3=C(CCCC3=O)Nc3[nH][nH]c(=O)c32)cc1OC. The number of rotatable bonds is 4. The van der Waals surface area contributed by atoms with Gasteiger partial charge in [-0.1, -0.05) is 0 Å². The van der Waals surface area contributed by atoms with Crippen LogP contribution >= 0.6 is 0 Å². The van der Waals surface area contributed by atoms with Crippen LogP contribution in [0.15, 0.2) is 28.2 Å². The van der Waals surface area contributed by atoms with Gasteiger partial charge in [0.15, 0.2) is 17.3 Å². The van der Waals surface area contributed by atoms with E-state index in [1.54, 1.807) is 33.5 Å². The van der Waals surface area contributed by atoms with Crippen molar-refractivity contribution in [3.8, 4) is 17.2 Å². The summed E-state index contributed by atoms with van der Waals surface area (Å²) in [7, 11) is 4.63. The van der Waals surface area contributed by atoms with Gasteiger partial charge in [0.25, 0.3) is 5.56 Å². The average molecular weight is 371 g/mol. The van der Waals surface area contributed by atoms with Crippen LogP contribution in [0.1, 0.15) is 36.3 Å². The molecule has 0 unspecified atom stereocenters. The zero-order valence-corrected chi connectivity index (χ0v) is 15.4. The molecule has 1 atom stereocenters. The van der Waals surface area contributed by atoms with Gasteiger partial charge in [-0.3, -0.25) is 19.8 Å². The summed E-state index contributed by atoms with van der Waals surface area (Å²) in [6, 6.07) is 3.49. The summed E-state index contributed by atoms with van der Waals surface area (Å²) < 4.78 is 16.4. The number of hydrogen-bond acceptors (Lipinski definition) is 6. The molecule has 1 aromatic heterocycles. The van der Waals surface area contributed by atoms with Crippen LogP contribution in [0, 0.1) is 0 Å². The first-order valence-electron chi connectivity index (χ1n) is 8.72. The monoisotopic (exact) mass is 371 g/mol. The molecule has 0 bridgehead atoms. The zero-order chi connectivity index (χ0) is 19.1. The summed E-state index contributed by atoms with van der Waals surface area (Å²) in [5.74, 6) is 1.61. The van der Waals surface area contributed by atoms with Gasteiger partial charge in [0.1, 0.15) is 11.6 Å². The van der Waals surface area contributed by atoms with Crippen molar-refractivity contribution in [2.45, 2.75) is 25.2 Å². The molecule has 27 heavy (non-hydrogen) atoms. The van der Waals surface area contributed by atoms with Crippen LogP contribution in [0.2, 0.25) is 0 Å². The largest absolute Gasteiger partial charge is 0.496 e. The molecule has 0 saturated heterocycles. The lowest BCUT2D eigenvalue weighted by Gasteiger charge is -2.32. The molecule has 2 heterocycles. The Morgan fingerprint density at radius 1 is 0.926 bits per heavy atom. The van der Waals surface area contributed by atoms with E-state index in [4.69, 9.17) is 14.2 Å². The highest BCUT2D eigenvalue weighted by Crippen LogP contribution is 2.48. The third-order valence-corrected chi connectivity index (χ3v) is 5.17. The molecular formula is C19H21N3O5. The molecule has 2 aromatic rings. The minimum Gasteiger partial charge on any atom is -0.496 e. The highest BCUT2D eigenvalue weighted by atomic mass is 16.5. The fourth-order valence-electron chi connectivity index (χ4n) is 3.95. The topological polar surface area (TPSA) is 105 Å². The summed E-state index contributed by atoms with van der Waals surface area (Å²) >= 11 is 0. The van der Waals surface area contributed by atoms with E-state index in [0.29, 0.717) is 46.2 Å². The maximum atomic E-state index is 12.8. The van der Waals surface area contributed by atoms with E-state index in [1.807, 2.05) is 0 Å². The highest BCUT2D eigenvalue weighted by molar-refractivity contribution is 6.01. The minimum atomic E-state index is -0.547. The van der Waals surface area contributed by atoms with E-state index in [0.717, 1.165) is 18.5 Å². The summed E-state index contributed by atoms with van der Waals surface area (Å²) in [6.07, 6.45) is 1.99. The number of fused-ring (bicyclic) bond motifs is 1. The molecule has 4 rings (SSSR count). The number of nitrogens with one attached hydrogen (secondary N) is 3. The van der Waals surface area contributed by atoms with Crippen molar-refractivity contribution < 1.29 is 19.0 Å². The zero-order valence-electron chi connectivity index (χ0n) is 15.4. The number of methoxy groups -OCH3 is 3. The third kappa shape index (κ3) is 2.59. The Balaban J connectivity index is 2.01. The molecule has 8 heteroatoms. The first-order chi connectivity index (χ1) is 13.1. The molecule has 142 valence electrons. The van der Waals surface area contributed by atoms with Crippen molar-refractivity contribution in [3.05, 3.63) is 44.9 Å². The van der Waals surface area contributed by atoms with Crippen molar-refractivity contribution in [1.82, 2.24) is 10.2 Å². The van der Waals surface area contributed by atoms with Crippen LogP contribution in [-0.2, 0) is 4.79 Å². The van der Waals surface area contributed by atoms with Gasteiger partial charge >= 0.3 is 0 Å². The van der Waals surface area contributed by atoms with Crippen molar-refractivity contribution in [2.75, 3.05) is 26.6 Å². The summed E-state index contributed by atoms with van der Waals surface area (Å²) in [6.45, 7) is 0. The number of ether oxygens (including phenoxy) is 3. The Bertz CT molecular complexity index is 1000. The Morgan fingerprint density at radius 3 is 2.33 bits per heavy atom.